The summed E-state index contributed by atoms with van der Waals surface area (Å²) in [6.07, 6.45) is 2.06. The number of hydrazine groups is 2. The molecule has 1 heterocycles. The molecule has 1 aromatic heterocycles. The molecule has 0 unspecified atom stereocenters. The first kappa shape index (κ1) is 26.6. The first-order valence-corrected chi connectivity index (χ1v) is 11.9. The molecule has 10 nitrogen and oxygen atoms in total. The molecule has 3 aromatic carbocycles. The largest absolute Gasteiger partial charge is 0.508 e. The number of imidazole rings is 1. The molecule has 4 rings (SSSR count). The number of nitrogens with zero attached hydrogens (tertiary/aromatic N) is 2. The van der Waals surface area contributed by atoms with Gasteiger partial charge in [-0.15, -0.1) is 0 Å². The highest BCUT2D eigenvalue weighted by Gasteiger charge is 2.29. The van der Waals surface area contributed by atoms with Crippen LogP contribution >= 0.6 is 0 Å². The minimum absolute atomic E-state index is 0.0559. The Hall–Kier alpha value is -4.51. The van der Waals surface area contributed by atoms with Crippen molar-refractivity contribution in [2.75, 3.05) is 0 Å². The van der Waals surface area contributed by atoms with Crippen molar-refractivity contribution in [2.45, 2.75) is 32.4 Å². The van der Waals surface area contributed by atoms with Crippen molar-refractivity contribution in [1.29, 1.82) is 5.41 Å². The number of rotatable bonds is 9. The highest BCUT2D eigenvalue weighted by Crippen LogP contribution is 2.28. The van der Waals surface area contributed by atoms with Crippen LogP contribution in [0, 0.1) is 5.41 Å². The van der Waals surface area contributed by atoms with Crippen LogP contribution < -0.4 is 16.8 Å². The average Bonchev–Trinajstić information content (AvgIpc) is 3.31. The first-order chi connectivity index (χ1) is 18.1. The standard InChI is InChI=1S/C28H30N6O4/c1-28(2,38)25-24(27(36)37)34(16-31-25)15-18-3-8-20(9-4-18)23-14-19(7-12-22(23)26(29)32-33-30)13-17-5-10-21(35)11-6-17/h3-12,14,16,33,35,38H,13,15,30H2,1-2H3,(H2,29,32)(H,36,37). The van der Waals surface area contributed by atoms with Crippen LogP contribution in [-0.2, 0) is 18.6 Å². The van der Waals surface area contributed by atoms with Crippen LogP contribution in [0.1, 0.15) is 52.3 Å². The average molecular weight is 515 g/mol. The van der Waals surface area contributed by atoms with Crippen molar-refractivity contribution in [3.05, 3.63) is 107 Å². The molecule has 0 aliphatic heterocycles. The summed E-state index contributed by atoms with van der Waals surface area (Å²) in [5.41, 5.74) is 8.80. The van der Waals surface area contributed by atoms with Gasteiger partial charge in [-0.1, -0.05) is 54.6 Å². The third-order valence-corrected chi connectivity index (χ3v) is 6.13. The number of phenols is 1. The minimum atomic E-state index is -1.39. The van der Waals surface area contributed by atoms with Gasteiger partial charge in [-0.3, -0.25) is 16.7 Å². The number of aromatic carboxylic acids is 1. The van der Waals surface area contributed by atoms with Crippen LogP contribution in [0.3, 0.4) is 0 Å². The monoisotopic (exact) mass is 514 g/mol. The summed E-state index contributed by atoms with van der Waals surface area (Å²) < 4.78 is 1.50. The zero-order chi connectivity index (χ0) is 27.4. The molecule has 0 aliphatic rings. The maximum atomic E-state index is 11.9. The summed E-state index contributed by atoms with van der Waals surface area (Å²) in [7, 11) is 0. The highest BCUT2D eigenvalue weighted by atomic mass is 16.4. The molecule has 0 fully saturated rings. The summed E-state index contributed by atoms with van der Waals surface area (Å²) in [5, 5.41) is 38.0. The molecular formula is C28H30N6O4. The van der Waals surface area contributed by atoms with Gasteiger partial charge in [0.15, 0.2) is 5.69 Å². The van der Waals surface area contributed by atoms with Gasteiger partial charge in [0, 0.05) is 12.1 Å². The van der Waals surface area contributed by atoms with Gasteiger partial charge in [0.25, 0.3) is 0 Å². The van der Waals surface area contributed by atoms with Crippen LogP contribution in [0.2, 0.25) is 0 Å². The lowest BCUT2D eigenvalue weighted by atomic mass is 9.93. The molecule has 4 aromatic rings. The molecule has 0 spiro atoms. The summed E-state index contributed by atoms with van der Waals surface area (Å²) in [6.45, 7) is 3.26. The SMILES string of the molecule is CC(C)(O)c1ncn(Cc2ccc(-c3cc(Cc4ccc(O)cc4)ccc3C(=N)NNN)cc2)c1C(=O)O. The predicted molar refractivity (Wildman–Crippen MR) is 144 cm³/mol. The van der Waals surface area contributed by atoms with Gasteiger partial charge in [0.2, 0.25) is 0 Å². The van der Waals surface area contributed by atoms with Crippen LogP contribution in [0.15, 0.2) is 73.1 Å². The number of carbonyl (C=O) groups is 1. The number of phenolic OH excluding ortho intramolecular Hbond substituents is 1. The number of hydrogen-bond donors (Lipinski definition) is 7. The predicted octanol–water partition coefficient (Wildman–Crippen LogP) is 3.11. The second kappa shape index (κ2) is 10.9. The van der Waals surface area contributed by atoms with Crippen LogP contribution in [-0.4, -0.2) is 36.7 Å². The molecule has 38 heavy (non-hydrogen) atoms. The van der Waals surface area contributed by atoms with E-state index in [-0.39, 0.29) is 29.5 Å². The van der Waals surface area contributed by atoms with Crippen molar-refractivity contribution < 1.29 is 20.1 Å². The number of nitrogens with two attached hydrogens (primary N) is 1. The molecule has 0 saturated heterocycles. The number of hydrogen-bond acceptors (Lipinski definition) is 7. The molecular weight excluding hydrogens is 484 g/mol. The van der Waals surface area contributed by atoms with Crippen molar-refractivity contribution in [3.63, 3.8) is 0 Å². The number of carboxylic acid groups (broad SMARTS) is 1. The lowest BCUT2D eigenvalue weighted by Gasteiger charge is -2.16. The Morgan fingerprint density at radius 3 is 2.26 bits per heavy atom. The van der Waals surface area contributed by atoms with Gasteiger partial charge in [-0.25, -0.2) is 9.78 Å². The van der Waals surface area contributed by atoms with Crippen LogP contribution in [0.25, 0.3) is 11.1 Å². The minimum Gasteiger partial charge on any atom is -0.508 e. The molecule has 0 bridgehead atoms. The summed E-state index contributed by atoms with van der Waals surface area (Å²) in [6, 6.07) is 20.4. The molecule has 0 amide bonds. The fourth-order valence-corrected chi connectivity index (χ4v) is 4.31. The molecule has 10 heteroatoms. The Labute approximate surface area is 219 Å². The molecule has 0 aliphatic carbocycles. The molecule has 8 N–H and O–H groups in total. The van der Waals surface area contributed by atoms with E-state index < -0.39 is 11.6 Å². The summed E-state index contributed by atoms with van der Waals surface area (Å²) in [4.78, 5) is 16.0. The lowest BCUT2D eigenvalue weighted by molar-refractivity contribution is 0.0602. The molecule has 0 saturated carbocycles. The van der Waals surface area contributed by atoms with Gasteiger partial charge in [0.05, 0.1) is 6.33 Å². The highest BCUT2D eigenvalue weighted by molar-refractivity contribution is 6.02. The van der Waals surface area contributed by atoms with E-state index in [1.165, 1.54) is 24.7 Å². The van der Waals surface area contributed by atoms with E-state index in [2.05, 4.69) is 15.9 Å². The number of benzene rings is 3. The fourth-order valence-electron chi connectivity index (χ4n) is 4.31. The Balaban J connectivity index is 1.66. The second-order valence-electron chi connectivity index (χ2n) is 9.50. The Bertz CT molecular complexity index is 1450. The number of amidine groups is 1. The molecule has 0 radical (unpaired) electrons. The Morgan fingerprint density at radius 1 is 1.03 bits per heavy atom. The first-order valence-electron chi connectivity index (χ1n) is 11.9. The van der Waals surface area contributed by atoms with E-state index in [9.17, 15) is 20.1 Å². The lowest BCUT2D eigenvalue weighted by Crippen LogP contribution is -2.42. The Morgan fingerprint density at radius 2 is 1.66 bits per heavy atom. The Kier molecular flexibility index (Phi) is 7.58. The van der Waals surface area contributed by atoms with E-state index in [0.717, 1.165) is 27.8 Å². The van der Waals surface area contributed by atoms with E-state index in [0.29, 0.717) is 12.0 Å². The van der Waals surface area contributed by atoms with E-state index in [4.69, 9.17) is 11.3 Å². The van der Waals surface area contributed by atoms with Crippen LogP contribution in [0.4, 0.5) is 0 Å². The van der Waals surface area contributed by atoms with Crippen molar-refractivity contribution in [3.8, 4) is 16.9 Å². The van der Waals surface area contributed by atoms with Gasteiger partial charge in [-0.2, -0.15) is 5.53 Å². The third-order valence-electron chi connectivity index (χ3n) is 6.13. The normalized spacial score (nSPS) is 11.4. The quantitative estimate of drug-likeness (QED) is 0.0773. The number of aromatic nitrogens is 2. The second-order valence-corrected chi connectivity index (χ2v) is 9.50. The maximum Gasteiger partial charge on any atom is 0.354 e. The number of aliphatic hydroxyl groups is 1. The van der Waals surface area contributed by atoms with Crippen molar-refractivity contribution in [2.24, 2.45) is 5.84 Å². The van der Waals surface area contributed by atoms with Gasteiger partial charge in [-0.05, 0) is 60.2 Å². The smallest absolute Gasteiger partial charge is 0.354 e. The van der Waals surface area contributed by atoms with Gasteiger partial charge >= 0.3 is 5.97 Å². The third kappa shape index (κ3) is 5.89. The zero-order valence-corrected chi connectivity index (χ0v) is 21.1. The van der Waals surface area contributed by atoms with Gasteiger partial charge < -0.3 is 19.9 Å². The van der Waals surface area contributed by atoms with Crippen molar-refractivity contribution in [1.82, 2.24) is 20.5 Å². The maximum absolute atomic E-state index is 11.9. The van der Waals surface area contributed by atoms with E-state index >= 15 is 0 Å². The molecule has 196 valence electrons. The number of aromatic hydroxyl groups is 1. The topological polar surface area (TPSA) is 170 Å². The molecule has 0 atom stereocenters. The van der Waals surface area contributed by atoms with Crippen LogP contribution in [0.5, 0.6) is 5.75 Å². The summed E-state index contributed by atoms with van der Waals surface area (Å²) >= 11 is 0. The fraction of sp³-hybridized carbons (Fsp3) is 0.179. The van der Waals surface area contributed by atoms with Gasteiger partial charge in [0.1, 0.15) is 22.9 Å². The number of nitrogens with one attached hydrogen (secondary N) is 3. The summed E-state index contributed by atoms with van der Waals surface area (Å²) in [5.74, 6) is 4.52. The zero-order valence-electron chi connectivity index (χ0n) is 21.1. The van der Waals surface area contributed by atoms with Crippen molar-refractivity contribution >= 4 is 11.8 Å². The number of carboxylic acids is 1. The van der Waals surface area contributed by atoms with E-state index in [1.807, 2.05) is 54.6 Å². The van der Waals surface area contributed by atoms with E-state index in [1.54, 1.807) is 12.1 Å².